The van der Waals surface area contributed by atoms with Crippen molar-refractivity contribution in [2.75, 3.05) is 0 Å². The minimum absolute atomic E-state index is 0.124. The van der Waals surface area contributed by atoms with Gasteiger partial charge in [-0.15, -0.1) is 0 Å². The van der Waals surface area contributed by atoms with Crippen molar-refractivity contribution in [2.45, 2.75) is 13.3 Å². The van der Waals surface area contributed by atoms with Gasteiger partial charge in [-0.1, -0.05) is 18.5 Å². The smallest absolute Gasteiger partial charge is 0.203 e. The molecule has 0 saturated carbocycles. The number of hydrogen-bond acceptors (Lipinski definition) is 1. The lowest BCUT2D eigenvalue weighted by Crippen LogP contribution is -1.97. The number of benzene rings is 1. The summed E-state index contributed by atoms with van der Waals surface area (Å²) < 4.78 is 38.0. The van der Waals surface area contributed by atoms with Crippen molar-refractivity contribution in [2.24, 2.45) is 0 Å². The van der Waals surface area contributed by atoms with E-state index in [0.29, 0.717) is 0 Å². The quantitative estimate of drug-likeness (QED) is 0.558. The average Bonchev–Trinajstić information content (AvgIpc) is 2.13. The van der Waals surface area contributed by atoms with Crippen LogP contribution in [0.5, 0.6) is 5.75 Å². The Bertz CT molecular complexity index is 323. The van der Waals surface area contributed by atoms with E-state index in [9.17, 15) is 13.2 Å². The van der Waals surface area contributed by atoms with Crippen molar-refractivity contribution < 1.29 is 18.3 Å². The summed E-state index contributed by atoms with van der Waals surface area (Å²) in [6.45, 7) is 1.54. The van der Waals surface area contributed by atoms with Crippen molar-refractivity contribution in [3.8, 4) is 5.75 Å². The summed E-state index contributed by atoms with van der Waals surface area (Å²) in [7, 11) is 0. The van der Waals surface area contributed by atoms with Gasteiger partial charge in [0.25, 0.3) is 0 Å². The Kier molecular flexibility index (Phi) is 2.71. The molecule has 1 nitrogen and oxygen atoms in total. The van der Waals surface area contributed by atoms with Crippen LogP contribution in [0, 0.1) is 17.5 Å². The van der Waals surface area contributed by atoms with Crippen LogP contribution in [0.1, 0.15) is 12.5 Å². The van der Waals surface area contributed by atoms with E-state index in [1.54, 1.807) is 0 Å². The van der Waals surface area contributed by atoms with E-state index in [4.69, 9.17) is 16.7 Å². The highest BCUT2D eigenvalue weighted by Crippen LogP contribution is 2.33. The van der Waals surface area contributed by atoms with Crippen LogP contribution in [0.3, 0.4) is 0 Å². The van der Waals surface area contributed by atoms with Crippen molar-refractivity contribution >= 4 is 11.6 Å². The number of aromatic hydroxyl groups is 1. The number of phenolic OH excluding ortho intramolecular Hbond substituents is 1. The Hall–Kier alpha value is -0.900. The van der Waals surface area contributed by atoms with Gasteiger partial charge in [-0.25, -0.2) is 8.78 Å². The molecule has 1 aromatic rings. The first-order valence-corrected chi connectivity index (χ1v) is 3.92. The molecule has 72 valence electrons. The van der Waals surface area contributed by atoms with E-state index in [-0.39, 0.29) is 12.0 Å². The van der Waals surface area contributed by atoms with Gasteiger partial charge in [0.15, 0.2) is 17.4 Å². The van der Waals surface area contributed by atoms with Crippen LogP contribution in [0.2, 0.25) is 5.02 Å². The van der Waals surface area contributed by atoms with Gasteiger partial charge in [-0.2, -0.15) is 4.39 Å². The predicted molar refractivity (Wildman–Crippen MR) is 42.4 cm³/mol. The highest BCUT2D eigenvalue weighted by Gasteiger charge is 2.22. The maximum Gasteiger partial charge on any atom is 0.203 e. The van der Waals surface area contributed by atoms with Gasteiger partial charge in [0.1, 0.15) is 0 Å². The molecule has 0 radical (unpaired) electrons. The minimum atomic E-state index is -1.75. The Morgan fingerprint density at radius 1 is 1.15 bits per heavy atom. The summed E-state index contributed by atoms with van der Waals surface area (Å²) in [6, 6.07) is 0. The molecule has 13 heavy (non-hydrogen) atoms. The number of rotatable bonds is 1. The molecule has 1 rings (SSSR count). The standard InChI is InChI=1S/C8H6ClF3O/c1-2-3-4(9)5(10)6(11)7(12)8(3)13/h13H,2H2,1H3. The molecular formula is C8H6ClF3O. The minimum Gasteiger partial charge on any atom is -0.505 e. The number of phenols is 1. The average molecular weight is 211 g/mol. The van der Waals surface area contributed by atoms with E-state index in [1.165, 1.54) is 6.92 Å². The molecule has 0 aliphatic rings. The first-order chi connectivity index (χ1) is 6.00. The summed E-state index contributed by atoms with van der Waals surface area (Å²) in [5, 5.41) is 8.45. The summed E-state index contributed by atoms with van der Waals surface area (Å²) in [5.41, 5.74) is -0.127. The summed E-state index contributed by atoms with van der Waals surface area (Å²) in [6.07, 6.45) is 0.124. The molecule has 0 aliphatic carbocycles. The van der Waals surface area contributed by atoms with Crippen molar-refractivity contribution in [3.63, 3.8) is 0 Å². The largest absolute Gasteiger partial charge is 0.505 e. The van der Waals surface area contributed by atoms with E-state index >= 15 is 0 Å². The molecule has 0 aromatic heterocycles. The molecule has 0 bridgehead atoms. The van der Waals surface area contributed by atoms with Gasteiger partial charge in [0.2, 0.25) is 5.82 Å². The summed E-state index contributed by atoms with van der Waals surface area (Å²) >= 11 is 5.33. The van der Waals surface area contributed by atoms with Crippen LogP contribution in [-0.4, -0.2) is 5.11 Å². The van der Waals surface area contributed by atoms with Crippen LogP contribution in [-0.2, 0) is 6.42 Å². The van der Waals surface area contributed by atoms with Gasteiger partial charge < -0.3 is 5.11 Å². The second-order valence-corrected chi connectivity index (χ2v) is 2.81. The Labute approximate surface area is 77.8 Å². The van der Waals surface area contributed by atoms with Crippen LogP contribution in [0.25, 0.3) is 0 Å². The van der Waals surface area contributed by atoms with Gasteiger partial charge >= 0.3 is 0 Å². The lowest BCUT2D eigenvalue weighted by Gasteiger charge is -2.07. The van der Waals surface area contributed by atoms with Crippen LogP contribution < -0.4 is 0 Å². The predicted octanol–water partition coefficient (Wildman–Crippen LogP) is 3.03. The zero-order valence-corrected chi connectivity index (χ0v) is 7.42. The zero-order valence-electron chi connectivity index (χ0n) is 6.67. The first-order valence-electron chi connectivity index (χ1n) is 3.54. The van der Waals surface area contributed by atoms with Crippen molar-refractivity contribution in [3.05, 3.63) is 28.0 Å². The Morgan fingerprint density at radius 2 is 1.69 bits per heavy atom. The molecule has 0 fully saturated rings. The fourth-order valence-corrected chi connectivity index (χ4v) is 1.29. The van der Waals surface area contributed by atoms with Crippen molar-refractivity contribution in [1.82, 2.24) is 0 Å². The van der Waals surface area contributed by atoms with E-state index in [2.05, 4.69) is 0 Å². The molecule has 0 aliphatic heterocycles. The topological polar surface area (TPSA) is 20.2 Å². The van der Waals surface area contributed by atoms with Gasteiger partial charge in [-0.05, 0) is 6.42 Å². The first kappa shape index (κ1) is 10.2. The third-order valence-corrected chi connectivity index (χ3v) is 2.08. The number of hydrogen-bond donors (Lipinski definition) is 1. The molecule has 0 heterocycles. The van der Waals surface area contributed by atoms with Crippen LogP contribution in [0.15, 0.2) is 0 Å². The second kappa shape index (κ2) is 3.46. The summed E-state index contributed by atoms with van der Waals surface area (Å²) in [5.74, 6) is -5.74. The molecule has 0 atom stereocenters. The van der Waals surface area contributed by atoms with Crippen molar-refractivity contribution in [1.29, 1.82) is 0 Å². The van der Waals surface area contributed by atoms with Gasteiger partial charge in [-0.3, -0.25) is 0 Å². The van der Waals surface area contributed by atoms with E-state index in [0.717, 1.165) is 0 Å². The highest BCUT2D eigenvalue weighted by atomic mass is 35.5. The third kappa shape index (κ3) is 1.46. The van der Waals surface area contributed by atoms with Crippen LogP contribution >= 0.6 is 11.6 Å². The van der Waals surface area contributed by atoms with Gasteiger partial charge in [0, 0.05) is 5.56 Å². The molecule has 0 unspecified atom stereocenters. The molecule has 5 heteroatoms. The molecule has 1 aromatic carbocycles. The highest BCUT2D eigenvalue weighted by molar-refractivity contribution is 6.31. The molecule has 0 spiro atoms. The second-order valence-electron chi connectivity index (χ2n) is 2.44. The Morgan fingerprint density at radius 3 is 2.15 bits per heavy atom. The maximum absolute atomic E-state index is 12.8. The lowest BCUT2D eigenvalue weighted by molar-refractivity contribution is 0.382. The summed E-state index contributed by atoms with van der Waals surface area (Å²) in [4.78, 5) is 0. The van der Waals surface area contributed by atoms with E-state index < -0.39 is 28.2 Å². The monoisotopic (exact) mass is 210 g/mol. The fourth-order valence-electron chi connectivity index (χ4n) is 0.988. The Balaban J connectivity index is 3.56. The SMILES string of the molecule is CCc1c(O)c(F)c(F)c(F)c1Cl. The molecule has 0 saturated heterocycles. The van der Waals surface area contributed by atoms with Crippen LogP contribution in [0.4, 0.5) is 13.2 Å². The lowest BCUT2D eigenvalue weighted by atomic mass is 10.1. The molecule has 1 N–H and O–H groups in total. The fraction of sp³-hybridized carbons (Fsp3) is 0.250. The van der Waals surface area contributed by atoms with E-state index in [1.807, 2.05) is 0 Å². The molecular weight excluding hydrogens is 205 g/mol. The number of halogens is 4. The normalized spacial score (nSPS) is 10.5. The van der Waals surface area contributed by atoms with Gasteiger partial charge in [0.05, 0.1) is 5.02 Å². The molecule has 0 amide bonds. The third-order valence-electron chi connectivity index (χ3n) is 1.69. The zero-order chi connectivity index (χ0) is 10.2. The maximum atomic E-state index is 12.8.